The Labute approximate surface area is 179 Å². The van der Waals surface area contributed by atoms with E-state index in [1.807, 2.05) is 13.0 Å². The topological polar surface area (TPSA) is 96.2 Å². The molecule has 0 spiro atoms. The van der Waals surface area contributed by atoms with E-state index in [4.69, 9.17) is 32.7 Å². The fraction of sp³-hybridized carbons (Fsp3) is 0.150. The highest BCUT2D eigenvalue weighted by Crippen LogP contribution is 2.37. The summed E-state index contributed by atoms with van der Waals surface area (Å²) in [7, 11) is 0. The number of hydrogen-bond acceptors (Lipinski definition) is 7. The van der Waals surface area contributed by atoms with Gasteiger partial charge in [-0.2, -0.15) is 4.68 Å². The first-order valence-corrected chi connectivity index (χ1v) is 9.56. The van der Waals surface area contributed by atoms with Crippen LogP contribution in [0.15, 0.2) is 47.3 Å². The summed E-state index contributed by atoms with van der Waals surface area (Å²) in [5.74, 6) is -0.497. The van der Waals surface area contributed by atoms with E-state index in [2.05, 4.69) is 15.3 Å². The fourth-order valence-corrected chi connectivity index (χ4v) is 3.41. The highest BCUT2D eigenvalue weighted by molar-refractivity contribution is 6.39. The lowest BCUT2D eigenvalue weighted by Crippen LogP contribution is -2.27. The van der Waals surface area contributed by atoms with Crippen LogP contribution in [0.1, 0.15) is 5.69 Å². The number of fused-ring (bicyclic) bond motifs is 2. The Hall–Kier alpha value is -3.23. The third kappa shape index (κ3) is 3.92. The predicted molar refractivity (Wildman–Crippen MR) is 112 cm³/mol. The number of ether oxygens (including phenoxy) is 2. The van der Waals surface area contributed by atoms with E-state index >= 15 is 0 Å². The Morgan fingerprint density at radius 1 is 1.10 bits per heavy atom. The van der Waals surface area contributed by atoms with Crippen LogP contribution < -0.4 is 10.3 Å². The van der Waals surface area contributed by atoms with Gasteiger partial charge in [-0.1, -0.05) is 40.5 Å². The molecule has 4 rings (SSSR count). The van der Waals surface area contributed by atoms with Crippen LogP contribution in [0.25, 0.3) is 21.8 Å². The average molecular weight is 445 g/mol. The van der Waals surface area contributed by atoms with Crippen LogP contribution in [0.3, 0.4) is 0 Å². The van der Waals surface area contributed by atoms with Crippen molar-refractivity contribution in [1.29, 1.82) is 0 Å². The van der Waals surface area contributed by atoms with Crippen molar-refractivity contribution >= 4 is 51.0 Å². The molecule has 0 aliphatic heterocycles. The van der Waals surface area contributed by atoms with Crippen molar-refractivity contribution in [3.05, 3.63) is 68.6 Å². The van der Waals surface area contributed by atoms with E-state index in [9.17, 15) is 9.59 Å². The normalized spacial score (nSPS) is 11.0. The van der Waals surface area contributed by atoms with Crippen molar-refractivity contribution < 1.29 is 14.3 Å². The Bertz CT molecular complexity index is 1340. The van der Waals surface area contributed by atoms with E-state index in [0.29, 0.717) is 26.8 Å². The van der Waals surface area contributed by atoms with Crippen LogP contribution in [0.4, 0.5) is 0 Å². The lowest BCUT2D eigenvalue weighted by atomic mass is 10.2. The molecule has 0 aliphatic rings. The summed E-state index contributed by atoms with van der Waals surface area (Å²) in [6.45, 7) is 0.974. The van der Waals surface area contributed by atoms with Crippen molar-refractivity contribution in [2.45, 2.75) is 13.7 Å². The third-order valence-corrected chi connectivity index (χ3v) is 4.88. The first-order chi connectivity index (χ1) is 14.4. The number of carbonyl (C=O) groups excluding carboxylic acids is 1. The van der Waals surface area contributed by atoms with Crippen LogP contribution >= 0.6 is 23.2 Å². The maximum Gasteiger partial charge on any atom is 0.345 e. The molecule has 0 saturated heterocycles. The van der Waals surface area contributed by atoms with Gasteiger partial charge in [0, 0.05) is 11.1 Å². The van der Waals surface area contributed by atoms with Gasteiger partial charge in [0.05, 0.1) is 15.4 Å². The molecule has 10 heteroatoms. The van der Waals surface area contributed by atoms with Gasteiger partial charge in [0.15, 0.2) is 19.1 Å². The van der Waals surface area contributed by atoms with Crippen molar-refractivity contribution in [3.63, 3.8) is 0 Å². The summed E-state index contributed by atoms with van der Waals surface area (Å²) in [6, 6.07) is 11.9. The van der Waals surface area contributed by atoms with Gasteiger partial charge in [0.1, 0.15) is 11.0 Å². The fourth-order valence-electron chi connectivity index (χ4n) is 2.84. The smallest absolute Gasteiger partial charge is 0.345 e. The predicted octanol–water partition coefficient (Wildman–Crippen LogP) is 3.53. The molecule has 0 saturated carbocycles. The zero-order chi connectivity index (χ0) is 21.3. The van der Waals surface area contributed by atoms with Gasteiger partial charge in [-0.05, 0) is 37.3 Å². The summed E-state index contributed by atoms with van der Waals surface area (Å²) in [4.78, 5) is 28.9. The molecule has 4 aromatic rings. The molecule has 0 bridgehead atoms. The molecular weight excluding hydrogens is 431 g/mol. The number of halogens is 2. The van der Waals surface area contributed by atoms with Crippen molar-refractivity contribution in [2.75, 3.05) is 6.61 Å². The quantitative estimate of drug-likeness (QED) is 0.434. The van der Waals surface area contributed by atoms with Gasteiger partial charge in [-0.3, -0.25) is 4.79 Å². The van der Waals surface area contributed by atoms with E-state index in [-0.39, 0.29) is 10.8 Å². The number of esters is 1. The molecule has 152 valence electrons. The summed E-state index contributed by atoms with van der Waals surface area (Å²) in [5.41, 5.74) is 1.22. The Kier molecular flexibility index (Phi) is 5.52. The van der Waals surface area contributed by atoms with Gasteiger partial charge in [0.25, 0.3) is 5.56 Å². The van der Waals surface area contributed by atoms with Gasteiger partial charge in [-0.15, -0.1) is 5.10 Å². The molecule has 2 aromatic carbocycles. The standard InChI is InChI=1S/C20H14Cl2N4O4/c1-11-6-7-12-14(21)8-15(22)19(18(12)23-11)29-9-17(27)30-10-26-20(28)13-4-2-3-5-16(13)24-25-26/h2-8H,9-10H2,1H3. The van der Waals surface area contributed by atoms with E-state index in [1.54, 1.807) is 30.3 Å². The molecule has 0 N–H and O–H groups in total. The maximum atomic E-state index is 12.4. The number of carbonyl (C=O) groups is 1. The number of pyridine rings is 1. The molecule has 0 fully saturated rings. The van der Waals surface area contributed by atoms with Crippen LogP contribution in [0, 0.1) is 6.92 Å². The lowest BCUT2D eigenvalue weighted by molar-refractivity contribution is -0.150. The first-order valence-electron chi connectivity index (χ1n) is 8.80. The minimum atomic E-state index is -0.719. The monoisotopic (exact) mass is 444 g/mol. The Balaban J connectivity index is 1.48. The highest BCUT2D eigenvalue weighted by atomic mass is 35.5. The number of aryl methyl sites for hydroxylation is 1. The van der Waals surface area contributed by atoms with Crippen molar-refractivity contribution in [2.24, 2.45) is 0 Å². The average Bonchev–Trinajstić information content (AvgIpc) is 2.73. The lowest BCUT2D eigenvalue weighted by Gasteiger charge is -2.12. The minimum absolute atomic E-state index is 0.218. The number of rotatable bonds is 5. The van der Waals surface area contributed by atoms with Gasteiger partial charge < -0.3 is 9.47 Å². The Morgan fingerprint density at radius 2 is 1.90 bits per heavy atom. The van der Waals surface area contributed by atoms with Crippen LogP contribution in [0.5, 0.6) is 5.75 Å². The zero-order valence-electron chi connectivity index (χ0n) is 15.6. The van der Waals surface area contributed by atoms with Crippen molar-refractivity contribution in [3.8, 4) is 5.75 Å². The molecule has 0 amide bonds. The number of aromatic nitrogens is 4. The summed E-state index contributed by atoms with van der Waals surface area (Å²) >= 11 is 12.4. The molecule has 2 heterocycles. The van der Waals surface area contributed by atoms with Gasteiger partial charge in [0.2, 0.25) is 0 Å². The zero-order valence-corrected chi connectivity index (χ0v) is 17.1. The molecule has 30 heavy (non-hydrogen) atoms. The molecule has 0 aliphatic carbocycles. The maximum absolute atomic E-state index is 12.4. The Morgan fingerprint density at radius 3 is 2.73 bits per heavy atom. The molecule has 2 aromatic heterocycles. The van der Waals surface area contributed by atoms with E-state index < -0.39 is 24.9 Å². The molecule has 0 atom stereocenters. The SMILES string of the molecule is Cc1ccc2c(Cl)cc(Cl)c(OCC(=O)OCn3nnc4ccccc4c3=O)c2n1. The molecular formula is C20H14Cl2N4O4. The summed E-state index contributed by atoms with van der Waals surface area (Å²) in [6.07, 6.45) is 0. The number of benzene rings is 2. The van der Waals surface area contributed by atoms with Gasteiger partial charge in [-0.25, -0.2) is 9.78 Å². The highest BCUT2D eigenvalue weighted by Gasteiger charge is 2.16. The van der Waals surface area contributed by atoms with Gasteiger partial charge >= 0.3 is 5.97 Å². The third-order valence-electron chi connectivity index (χ3n) is 4.29. The van der Waals surface area contributed by atoms with Crippen LogP contribution in [0.2, 0.25) is 10.0 Å². The second kappa shape index (κ2) is 8.25. The second-order valence-electron chi connectivity index (χ2n) is 6.36. The molecule has 8 nitrogen and oxygen atoms in total. The van der Waals surface area contributed by atoms with E-state index in [1.165, 1.54) is 6.07 Å². The largest absolute Gasteiger partial charge is 0.478 e. The first kappa shape index (κ1) is 20.1. The van der Waals surface area contributed by atoms with Crippen LogP contribution in [-0.4, -0.2) is 32.6 Å². The number of hydrogen-bond donors (Lipinski definition) is 0. The van der Waals surface area contributed by atoms with E-state index in [0.717, 1.165) is 10.4 Å². The summed E-state index contributed by atoms with van der Waals surface area (Å²) < 4.78 is 11.6. The van der Waals surface area contributed by atoms with Crippen LogP contribution in [-0.2, 0) is 16.3 Å². The summed E-state index contributed by atoms with van der Waals surface area (Å²) in [5, 5.41) is 9.35. The molecule has 0 radical (unpaired) electrons. The number of nitrogens with zero attached hydrogens (tertiary/aromatic N) is 4. The second-order valence-corrected chi connectivity index (χ2v) is 7.18. The van der Waals surface area contributed by atoms with Crippen molar-refractivity contribution in [1.82, 2.24) is 20.0 Å². The minimum Gasteiger partial charge on any atom is -0.478 e. The molecule has 0 unspecified atom stereocenters.